The summed E-state index contributed by atoms with van der Waals surface area (Å²) in [7, 11) is 0. The van der Waals surface area contributed by atoms with Crippen LogP contribution in [0.5, 0.6) is 0 Å². The molecule has 6 nitrogen and oxygen atoms in total. The van der Waals surface area contributed by atoms with Gasteiger partial charge < -0.3 is 10.2 Å². The average Bonchev–Trinajstić information content (AvgIpc) is 3.41. The van der Waals surface area contributed by atoms with Crippen LogP contribution in [-0.4, -0.2) is 45.4 Å². The number of benzene rings is 1. The molecule has 0 saturated carbocycles. The first kappa shape index (κ1) is 28.0. The Morgan fingerprint density at radius 1 is 1.05 bits per heavy atom. The summed E-state index contributed by atoms with van der Waals surface area (Å²) in [5.74, 6) is 0.653. The van der Waals surface area contributed by atoms with Crippen molar-refractivity contribution in [2.75, 3.05) is 19.6 Å². The summed E-state index contributed by atoms with van der Waals surface area (Å²) in [5, 5.41) is 4.49. The van der Waals surface area contributed by atoms with Crippen LogP contribution in [0.25, 0.3) is 21.3 Å². The Bertz CT molecular complexity index is 1490. The summed E-state index contributed by atoms with van der Waals surface area (Å²) < 4.78 is 0. The number of carbonyl (C=O) groups is 1. The molecule has 2 atom stereocenters. The summed E-state index contributed by atoms with van der Waals surface area (Å²) in [5.41, 5.74) is 6.06. The molecule has 1 aliphatic heterocycles. The summed E-state index contributed by atoms with van der Waals surface area (Å²) in [6, 6.07) is 12.8. The maximum Gasteiger partial charge on any atom is 0.261 e. The second-order valence-corrected chi connectivity index (χ2v) is 13.9. The molecule has 1 fully saturated rings. The van der Waals surface area contributed by atoms with Gasteiger partial charge in [0.25, 0.3) is 5.91 Å². The normalized spacial score (nSPS) is 18.7. The molecule has 1 amide bonds. The van der Waals surface area contributed by atoms with Crippen molar-refractivity contribution >= 4 is 27.5 Å². The molecule has 1 N–H and O–H groups in total. The predicted octanol–water partition coefficient (Wildman–Crippen LogP) is 7.25. The third-order valence-electron chi connectivity index (χ3n) is 9.02. The number of amides is 1. The van der Waals surface area contributed by atoms with Gasteiger partial charge in [-0.1, -0.05) is 51.5 Å². The molecule has 0 bridgehead atoms. The maximum atomic E-state index is 13.7. The Morgan fingerprint density at radius 2 is 1.80 bits per heavy atom. The number of nitrogens with one attached hydrogen (secondary N) is 1. The number of nitrogens with zero attached hydrogens (tertiary/aromatic N) is 4. The van der Waals surface area contributed by atoms with E-state index in [1.165, 1.54) is 48.3 Å². The molecule has 0 radical (unpaired) electrons. The lowest BCUT2D eigenvalue weighted by Gasteiger charge is -2.34. The lowest BCUT2D eigenvalue weighted by Crippen LogP contribution is -2.35. The molecule has 1 aliphatic carbocycles. The third-order valence-corrected chi connectivity index (χ3v) is 10.1. The highest BCUT2D eigenvalue weighted by molar-refractivity contribution is 7.20. The van der Waals surface area contributed by atoms with Crippen molar-refractivity contribution in [2.45, 2.75) is 71.8 Å². The van der Waals surface area contributed by atoms with Crippen molar-refractivity contribution in [1.82, 2.24) is 25.2 Å². The van der Waals surface area contributed by atoms with Gasteiger partial charge in [0.2, 0.25) is 0 Å². The number of pyridine rings is 1. The summed E-state index contributed by atoms with van der Waals surface area (Å²) in [6.45, 7) is 10.3. The van der Waals surface area contributed by atoms with Crippen molar-refractivity contribution in [2.24, 2.45) is 11.3 Å². The number of likely N-dealkylation sites (tertiary alicyclic amines) is 1. The molecule has 1 aromatic carbocycles. The van der Waals surface area contributed by atoms with Crippen molar-refractivity contribution in [3.63, 3.8) is 0 Å². The van der Waals surface area contributed by atoms with Gasteiger partial charge in [0, 0.05) is 35.6 Å². The molecular weight excluding hydrogens is 526 g/mol. The van der Waals surface area contributed by atoms with E-state index in [1.807, 2.05) is 18.5 Å². The fourth-order valence-electron chi connectivity index (χ4n) is 6.38. The zero-order valence-electron chi connectivity index (χ0n) is 24.5. The fourth-order valence-corrected chi connectivity index (χ4v) is 7.31. The minimum Gasteiger partial charge on any atom is -0.344 e. The monoisotopic (exact) mass is 567 g/mol. The van der Waals surface area contributed by atoms with E-state index in [1.54, 1.807) is 6.33 Å². The Balaban J connectivity index is 1.22. The second-order valence-electron chi connectivity index (χ2n) is 12.9. The van der Waals surface area contributed by atoms with Crippen LogP contribution in [0.15, 0.2) is 55.1 Å². The highest BCUT2D eigenvalue weighted by atomic mass is 32.1. The zero-order chi connectivity index (χ0) is 28.4. The first-order chi connectivity index (χ1) is 19.8. The molecular formula is C34H41N5OS. The Labute approximate surface area is 247 Å². The van der Waals surface area contributed by atoms with Crippen LogP contribution >= 0.6 is 11.3 Å². The number of rotatable bonds is 7. The number of piperidine rings is 1. The van der Waals surface area contributed by atoms with E-state index in [2.05, 4.69) is 71.3 Å². The number of hydrogen-bond acceptors (Lipinski definition) is 6. The summed E-state index contributed by atoms with van der Waals surface area (Å²) in [4.78, 5) is 31.3. The van der Waals surface area contributed by atoms with Gasteiger partial charge in [0.15, 0.2) is 0 Å². The van der Waals surface area contributed by atoms with Crippen molar-refractivity contribution in [3.8, 4) is 11.1 Å². The summed E-state index contributed by atoms with van der Waals surface area (Å²) in [6.07, 6.45) is 13.2. The van der Waals surface area contributed by atoms with Gasteiger partial charge in [-0.05, 0) is 91.8 Å². The van der Waals surface area contributed by atoms with Crippen molar-refractivity contribution in [1.29, 1.82) is 0 Å². The van der Waals surface area contributed by atoms with E-state index < -0.39 is 0 Å². The van der Waals surface area contributed by atoms with Crippen molar-refractivity contribution < 1.29 is 4.79 Å². The van der Waals surface area contributed by atoms with Gasteiger partial charge in [-0.3, -0.25) is 4.79 Å². The average molecular weight is 568 g/mol. The van der Waals surface area contributed by atoms with Crippen LogP contribution in [-0.2, 0) is 12.8 Å². The molecule has 6 rings (SSSR count). The van der Waals surface area contributed by atoms with Crippen LogP contribution in [0.1, 0.15) is 85.4 Å². The number of aromatic nitrogens is 3. The van der Waals surface area contributed by atoms with Gasteiger partial charge in [0.1, 0.15) is 11.2 Å². The molecule has 7 heteroatoms. The standard InChI is InChI=1S/C34H41N5OS/c1-34(2,3)28-11-12-29-25(18-28)17-26-19-31(41-33(26)38-29)32(40)37-30(13-16-39-14-5-4-6-15-39)24-9-7-23(8-10-24)27-20-35-22-36-21-27/h7-10,17,19-22,28,30H,4-6,11-16,18H2,1-3H3,(H,37,40)/t28-,30?/m0/s1. The smallest absolute Gasteiger partial charge is 0.261 e. The number of hydrogen-bond donors (Lipinski definition) is 1. The number of fused-ring (bicyclic) bond motifs is 2. The minimum absolute atomic E-state index is 0.0114. The van der Waals surface area contributed by atoms with Crippen LogP contribution in [0.4, 0.5) is 0 Å². The predicted molar refractivity (Wildman–Crippen MR) is 167 cm³/mol. The minimum atomic E-state index is -0.0654. The summed E-state index contributed by atoms with van der Waals surface area (Å²) >= 11 is 1.52. The van der Waals surface area contributed by atoms with Gasteiger partial charge >= 0.3 is 0 Å². The second kappa shape index (κ2) is 12.0. The topological polar surface area (TPSA) is 71.0 Å². The maximum absolute atomic E-state index is 13.7. The highest BCUT2D eigenvalue weighted by Gasteiger charge is 2.30. The first-order valence-corrected chi connectivity index (χ1v) is 16.0. The molecule has 1 unspecified atom stereocenters. The van der Waals surface area contributed by atoms with Crippen LogP contribution in [0, 0.1) is 11.3 Å². The lowest BCUT2D eigenvalue weighted by atomic mass is 9.71. The van der Waals surface area contributed by atoms with E-state index in [9.17, 15) is 4.79 Å². The van der Waals surface area contributed by atoms with E-state index in [-0.39, 0.29) is 11.9 Å². The molecule has 0 spiro atoms. The molecule has 1 saturated heterocycles. The molecule has 4 heterocycles. The first-order valence-electron chi connectivity index (χ1n) is 15.1. The molecule has 2 aliphatic rings. The van der Waals surface area contributed by atoms with E-state index in [4.69, 9.17) is 4.98 Å². The molecule has 214 valence electrons. The van der Waals surface area contributed by atoms with Gasteiger partial charge in [-0.2, -0.15) is 0 Å². The fraction of sp³-hybridized carbons (Fsp3) is 0.471. The van der Waals surface area contributed by atoms with E-state index in [0.717, 1.165) is 70.7 Å². The highest BCUT2D eigenvalue weighted by Crippen LogP contribution is 2.38. The largest absolute Gasteiger partial charge is 0.344 e. The van der Waals surface area contributed by atoms with Gasteiger partial charge in [0.05, 0.1) is 10.9 Å². The van der Waals surface area contributed by atoms with Crippen molar-refractivity contribution in [3.05, 3.63) is 76.8 Å². The number of aryl methyl sites for hydroxylation is 1. The molecule has 41 heavy (non-hydrogen) atoms. The Morgan fingerprint density at radius 3 is 2.54 bits per heavy atom. The third kappa shape index (κ3) is 6.52. The van der Waals surface area contributed by atoms with E-state index in [0.29, 0.717) is 11.3 Å². The zero-order valence-corrected chi connectivity index (χ0v) is 25.3. The van der Waals surface area contributed by atoms with Crippen LogP contribution in [0.2, 0.25) is 0 Å². The number of thiophene rings is 1. The van der Waals surface area contributed by atoms with E-state index >= 15 is 0 Å². The Kier molecular flexibility index (Phi) is 8.18. The van der Waals surface area contributed by atoms with Gasteiger partial charge in [-0.15, -0.1) is 11.3 Å². The van der Waals surface area contributed by atoms with Crippen LogP contribution in [0.3, 0.4) is 0 Å². The SMILES string of the molecule is CC(C)(C)[C@H]1CCc2nc3sc(C(=O)NC(CCN4CCCCC4)c4ccc(-c5cncnc5)cc4)cc3cc2C1. The van der Waals surface area contributed by atoms with Gasteiger partial charge in [-0.25, -0.2) is 15.0 Å². The lowest BCUT2D eigenvalue weighted by molar-refractivity contribution is 0.0934. The number of carbonyl (C=O) groups excluding carboxylic acids is 1. The van der Waals surface area contributed by atoms with Crippen LogP contribution < -0.4 is 5.32 Å². The Hall–Kier alpha value is -3.16. The molecule has 3 aromatic heterocycles. The quantitative estimate of drug-likeness (QED) is 0.255. The molecule has 4 aromatic rings.